The molecule has 0 heterocycles. The maximum Gasteiger partial charge on any atom is 0.511 e. The van der Waals surface area contributed by atoms with Gasteiger partial charge in [0.2, 0.25) is 0 Å². The standard InChI is InChI=1S/C11H14F3NO3S/c1-8(15-19(16,17)11(12,13)14)7-9-3-5-10(18-2)6-4-9/h3-6,8,15H,7H2,1-2H3. The molecule has 0 saturated heterocycles. The molecule has 0 bridgehead atoms. The molecule has 1 unspecified atom stereocenters. The van der Waals surface area contributed by atoms with Gasteiger partial charge in [-0.2, -0.15) is 13.2 Å². The SMILES string of the molecule is COc1ccc(CC(C)NS(=O)(=O)C(F)(F)F)cc1. The fourth-order valence-electron chi connectivity index (χ4n) is 1.49. The Labute approximate surface area is 109 Å². The first-order valence-corrected chi connectivity index (χ1v) is 6.85. The van der Waals surface area contributed by atoms with E-state index in [1.165, 1.54) is 14.0 Å². The fourth-order valence-corrected chi connectivity index (χ4v) is 2.24. The molecule has 4 nitrogen and oxygen atoms in total. The van der Waals surface area contributed by atoms with E-state index in [0.717, 1.165) is 0 Å². The molecular formula is C11H14F3NO3S. The number of rotatable bonds is 5. The summed E-state index contributed by atoms with van der Waals surface area (Å²) in [7, 11) is -3.81. The van der Waals surface area contributed by atoms with Crippen LogP contribution in [0, 0.1) is 0 Å². The third kappa shape index (κ3) is 4.39. The van der Waals surface area contributed by atoms with Crippen molar-refractivity contribution in [2.24, 2.45) is 0 Å². The first-order valence-electron chi connectivity index (χ1n) is 5.37. The van der Waals surface area contributed by atoms with Crippen LogP contribution in [0.3, 0.4) is 0 Å². The molecule has 0 fully saturated rings. The predicted molar refractivity (Wildman–Crippen MR) is 64.3 cm³/mol. The molecule has 0 radical (unpaired) electrons. The highest BCUT2D eigenvalue weighted by molar-refractivity contribution is 7.90. The number of benzene rings is 1. The second-order valence-electron chi connectivity index (χ2n) is 4.02. The lowest BCUT2D eigenvalue weighted by atomic mass is 10.1. The summed E-state index contributed by atoms with van der Waals surface area (Å²) in [5.74, 6) is 0.618. The Kier molecular flexibility index (Phi) is 4.81. The number of ether oxygens (including phenoxy) is 1. The van der Waals surface area contributed by atoms with Crippen molar-refractivity contribution in [3.63, 3.8) is 0 Å². The van der Waals surface area contributed by atoms with Crippen molar-refractivity contribution in [2.75, 3.05) is 7.11 Å². The summed E-state index contributed by atoms with van der Waals surface area (Å²) in [4.78, 5) is 0. The van der Waals surface area contributed by atoms with Gasteiger partial charge in [-0.1, -0.05) is 12.1 Å². The van der Waals surface area contributed by atoms with Crippen molar-refractivity contribution >= 4 is 10.0 Å². The van der Waals surface area contributed by atoms with Crippen LogP contribution in [0.15, 0.2) is 24.3 Å². The summed E-state index contributed by atoms with van der Waals surface area (Å²) in [5.41, 5.74) is -4.58. The lowest BCUT2D eigenvalue weighted by molar-refractivity contribution is -0.0450. The highest BCUT2D eigenvalue weighted by Gasteiger charge is 2.46. The van der Waals surface area contributed by atoms with Crippen LogP contribution >= 0.6 is 0 Å². The number of sulfonamides is 1. The number of halogens is 3. The normalized spacial score (nSPS) is 14.2. The maximum absolute atomic E-state index is 12.2. The molecule has 0 aliphatic heterocycles. The molecule has 0 aromatic heterocycles. The summed E-state index contributed by atoms with van der Waals surface area (Å²) >= 11 is 0. The molecular weight excluding hydrogens is 283 g/mol. The molecule has 8 heteroatoms. The van der Waals surface area contributed by atoms with Crippen molar-refractivity contribution in [2.45, 2.75) is 24.9 Å². The number of methoxy groups -OCH3 is 1. The van der Waals surface area contributed by atoms with Gasteiger partial charge < -0.3 is 4.74 Å². The van der Waals surface area contributed by atoms with Gasteiger partial charge in [-0.3, -0.25) is 0 Å². The van der Waals surface area contributed by atoms with Crippen molar-refractivity contribution < 1.29 is 26.3 Å². The Morgan fingerprint density at radius 3 is 2.21 bits per heavy atom. The van der Waals surface area contributed by atoms with E-state index in [4.69, 9.17) is 4.74 Å². The molecule has 108 valence electrons. The third-order valence-electron chi connectivity index (χ3n) is 2.36. The lowest BCUT2D eigenvalue weighted by Gasteiger charge is -2.15. The molecule has 0 aliphatic carbocycles. The number of hydrogen-bond donors (Lipinski definition) is 1. The van der Waals surface area contributed by atoms with Crippen LogP contribution in [-0.4, -0.2) is 27.1 Å². The Morgan fingerprint density at radius 1 is 1.26 bits per heavy atom. The minimum absolute atomic E-state index is 0.152. The van der Waals surface area contributed by atoms with Gasteiger partial charge in [0.05, 0.1) is 7.11 Å². The summed E-state index contributed by atoms with van der Waals surface area (Å²) in [6.45, 7) is 1.37. The molecule has 0 saturated carbocycles. The van der Waals surface area contributed by atoms with Crippen LogP contribution in [-0.2, 0) is 16.4 Å². The van der Waals surface area contributed by atoms with Gasteiger partial charge in [0.1, 0.15) is 5.75 Å². The largest absolute Gasteiger partial charge is 0.511 e. The van der Waals surface area contributed by atoms with Gasteiger partial charge in [0.15, 0.2) is 0 Å². The fraction of sp³-hybridized carbons (Fsp3) is 0.455. The molecule has 1 N–H and O–H groups in total. The molecule has 19 heavy (non-hydrogen) atoms. The molecule has 0 spiro atoms. The van der Waals surface area contributed by atoms with Crippen LogP contribution in [0.2, 0.25) is 0 Å². The summed E-state index contributed by atoms with van der Waals surface area (Å²) in [5, 5.41) is 0. The molecule has 0 aliphatic rings. The van der Waals surface area contributed by atoms with Gasteiger partial charge in [0, 0.05) is 6.04 Å². The zero-order valence-electron chi connectivity index (χ0n) is 10.4. The van der Waals surface area contributed by atoms with E-state index < -0.39 is 21.6 Å². The van der Waals surface area contributed by atoms with Gasteiger partial charge in [-0.15, -0.1) is 0 Å². The maximum atomic E-state index is 12.2. The number of alkyl halides is 3. The molecule has 0 amide bonds. The van der Waals surface area contributed by atoms with E-state index >= 15 is 0 Å². The molecule has 1 aromatic carbocycles. The van der Waals surface area contributed by atoms with Crippen molar-refractivity contribution in [3.05, 3.63) is 29.8 Å². The quantitative estimate of drug-likeness (QED) is 0.905. The van der Waals surface area contributed by atoms with Crippen LogP contribution in [0.1, 0.15) is 12.5 Å². The first kappa shape index (κ1) is 15.8. The molecule has 1 rings (SSSR count). The average molecular weight is 297 g/mol. The van der Waals surface area contributed by atoms with E-state index in [2.05, 4.69) is 0 Å². The average Bonchev–Trinajstić information content (AvgIpc) is 2.27. The predicted octanol–water partition coefficient (Wildman–Crippen LogP) is 2.07. The Morgan fingerprint density at radius 2 is 1.79 bits per heavy atom. The van der Waals surface area contributed by atoms with Gasteiger partial charge in [-0.05, 0) is 31.0 Å². The smallest absolute Gasteiger partial charge is 0.497 e. The van der Waals surface area contributed by atoms with Crippen LogP contribution in [0.5, 0.6) is 5.75 Å². The van der Waals surface area contributed by atoms with Gasteiger partial charge >= 0.3 is 15.5 Å². The second kappa shape index (κ2) is 5.79. The first-order chi connectivity index (χ1) is 8.65. The highest BCUT2D eigenvalue weighted by atomic mass is 32.2. The highest BCUT2D eigenvalue weighted by Crippen LogP contribution is 2.22. The number of nitrogens with one attached hydrogen (secondary N) is 1. The van der Waals surface area contributed by atoms with Crippen molar-refractivity contribution in [3.8, 4) is 5.75 Å². The van der Waals surface area contributed by atoms with E-state index in [9.17, 15) is 21.6 Å². The Balaban J connectivity index is 2.67. The molecule has 1 atom stereocenters. The van der Waals surface area contributed by atoms with E-state index in [0.29, 0.717) is 11.3 Å². The Bertz CT molecular complexity index is 511. The van der Waals surface area contributed by atoms with Crippen molar-refractivity contribution in [1.82, 2.24) is 4.72 Å². The zero-order chi connectivity index (χ0) is 14.7. The van der Waals surface area contributed by atoms with E-state index in [1.807, 2.05) is 0 Å². The van der Waals surface area contributed by atoms with Crippen molar-refractivity contribution in [1.29, 1.82) is 0 Å². The lowest BCUT2D eigenvalue weighted by Crippen LogP contribution is -2.42. The number of hydrogen-bond acceptors (Lipinski definition) is 3. The summed E-state index contributed by atoms with van der Waals surface area (Å²) in [6.07, 6.45) is 0.152. The summed E-state index contributed by atoms with van der Waals surface area (Å²) in [6, 6.07) is 5.77. The van der Waals surface area contributed by atoms with E-state index in [1.54, 1.807) is 29.0 Å². The van der Waals surface area contributed by atoms with E-state index in [-0.39, 0.29) is 6.42 Å². The molecule has 1 aromatic rings. The third-order valence-corrected chi connectivity index (χ3v) is 3.68. The summed E-state index contributed by atoms with van der Waals surface area (Å²) < 4.78 is 64.8. The monoisotopic (exact) mass is 297 g/mol. The van der Waals surface area contributed by atoms with Gasteiger partial charge in [-0.25, -0.2) is 13.1 Å². The second-order valence-corrected chi connectivity index (χ2v) is 5.73. The zero-order valence-corrected chi connectivity index (χ0v) is 11.2. The minimum atomic E-state index is -5.30. The van der Waals surface area contributed by atoms with Gasteiger partial charge in [0.25, 0.3) is 0 Å². The van der Waals surface area contributed by atoms with Crippen LogP contribution in [0.4, 0.5) is 13.2 Å². The topological polar surface area (TPSA) is 55.4 Å². The van der Waals surface area contributed by atoms with Crippen LogP contribution in [0.25, 0.3) is 0 Å². The van der Waals surface area contributed by atoms with Crippen LogP contribution < -0.4 is 9.46 Å². The minimum Gasteiger partial charge on any atom is -0.497 e. The Hall–Kier alpha value is -1.28.